The molecule has 1 nitrogen and oxygen atoms in total. The van der Waals surface area contributed by atoms with Crippen LogP contribution < -0.4 is 4.90 Å². The zero-order valence-corrected chi connectivity index (χ0v) is 12.6. The molecule has 0 aliphatic carbocycles. The molecule has 0 radical (unpaired) electrons. The van der Waals surface area contributed by atoms with Gasteiger partial charge in [0, 0.05) is 28.0 Å². The van der Waals surface area contributed by atoms with Gasteiger partial charge < -0.3 is 4.90 Å². The molecule has 0 N–H and O–H groups in total. The molecule has 0 saturated heterocycles. The predicted octanol–water partition coefficient (Wildman–Crippen LogP) is 4.94. The van der Waals surface area contributed by atoms with Crippen molar-refractivity contribution in [1.82, 2.24) is 0 Å². The molecule has 0 aromatic heterocycles. The van der Waals surface area contributed by atoms with Gasteiger partial charge in [-0.25, -0.2) is 0 Å². The van der Waals surface area contributed by atoms with Crippen molar-refractivity contribution in [2.24, 2.45) is 0 Å². The highest BCUT2D eigenvalue weighted by Crippen LogP contribution is 2.23. The Bertz CT molecular complexity index is 403. The van der Waals surface area contributed by atoms with Crippen molar-refractivity contribution in [3.05, 3.63) is 40.9 Å². The van der Waals surface area contributed by atoms with E-state index in [1.54, 1.807) is 0 Å². The minimum atomic E-state index is 0.601. The SMILES string of the molecule is C=C(Cl)CSC(=S)N(CC)c1ccc(Cl)cc1. The molecule has 5 heteroatoms. The van der Waals surface area contributed by atoms with Crippen LogP contribution >= 0.6 is 47.2 Å². The Kier molecular flexibility index (Phi) is 6.34. The van der Waals surface area contributed by atoms with E-state index in [-0.39, 0.29) is 0 Å². The Morgan fingerprint density at radius 3 is 2.47 bits per heavy atom. The number of hydrogen-bond acceptors (Lipinski definition) is 2. The third kappa shape index (κ3) is 4.88. The Morgan fingerprint density at radius 2 is 2.00 bits per heavy atom. The minimum Gasteiger partial charge on any atom is -0.328 e. The first-order chi connectivity index (χ1) is 8.04. The quantitative estimate of drug-likeness (QED) is 0.726. The summed E-state index contributed by atoms with van der Waals surface area (Å²) in [6.45, 7) is 6.51. The van der Waals surface area contributed by atoms with E-state index < -0.39 is 0 Å². The average molecular weight is 306 g/mol. The van der Waals surface area contributed by atoms with E-state index in [9.17, 15) is 0 Å². The fourth-order valence-corrected chi connectivity index (χ4v) is 2.63. The van der Waals surface area contributed by atoms with Crippen molar-refractivity contribution >= 4 is 57.2 Å². The highest BCUT2D eigenvalue weighted by molar-refractivity contribution is 8.23. The maximum absolute atomic E-state index is 5.86. The van der Waals surface area contributed by atoms with Gasteiger partial charge >= 0.3 is 0 Å². The molecule has 0 atom stereocenters. The van der Waals surface area contributed by atoms with Crippen LogP contribution in [0.3, 0.4) is 0 Å². The minimum absolute atomic E-state index is 0.601. The molecule has 0 unspecified atom stereocenters. The second-order valence-corrected chi connectivity index (χ2v) is 5.87. The lowest BCUT2D eigenvalue weighted by Gasteiger charge is -2.23. The summed E-state index contributed by atoms with van der Waals surface area (Å²) in [5.41, 5.74) is 1.04. The van der Waals surface area contributed by atoms with Gasteiger partial charge in [-0.1, -0.05) is 53.8 Å². The summed E-state index contributed by atoms with van der Waals surface area (Å²) in [5.74, 6) is 0.629. The maximum atomic E-state index is 5.86. The Labute approximate surface area is 122 Å². The lowest BCUT2D eigenvalue weighted by molar-refractivity contribution is 1.08. The van der Waals surface area contributed by atoms with Crippen LogP contribution in [0, 0.1) is 0 Å². The summed E-state index contributed by atoms with van der Waals surface area (Å²) in [4.78, 5) is 2.04. The van der Waals surface area contributed by atoms with Gasteiger partial charge in [0.25, 0.3) is 0 Å². The zero-order chi connectivity index (χ0) is 12.8. The Morgan fingerprint density at radius 1 is 1.41 bits per heavy atom. The molecule has 0 fully saturated rings. The molecule has 0 aliphatic rings. The summed E-state index contributed by atoms with van der Waals surface area (Å²) in [6.07, 6.45) is 0. The molecular weight excluding hydrogens is 293 g/mol. The molecule has 1 aromatic rings. The Hall–Kier alpha value is -0.220. The highest BCUT2D eigenvalue weighted by atomic mass is 35.5. The number of nitrogens with zero attached hydrogens (tertiary/aromatic N) is 1. The van der Waals surface area contributed by atoms with Crippen LogP contribution in [0.5, 0.6) is 0 Å². The van der Waals surface area contributed by atoms with Crippen molar-refractivity contribution in [3.63, 3.8) is 0 Å². The number of halogens is 2. The van der Waals surface area contributed by atoms with Crippen LogP contribution in [-0.4, -0.2) is 16.6 Å². The fourth-order valence-electron chi connectivity index (χ4n) is 1.26. The first kappa shape index (κ1) is 14.8. The highest BCUT2D eigenvalue weighted by Gasteiger charge is 2.10. The summed E-state index contributed by atoms with van der Waals surface area (Å²) < 4.78 is 0.789. The van der Waals surface area contributed by atoms with Gasteiger partial charge in [-0.3, -0.25) is 0 Å². The van der Waals surface area contributed by atoms with Crippen molar-refractivity contribution in [2.45, 2.75) is 6.92 Å². The third-order valence-electron chi connectivity index (χ3n) is 2.03. The summed E-state index contributed by atoms with van der Waals surface area (Å²) in [7, 11) is 0. The van der Waals surface area contributed by atoms with Gasteiger partial charge in [-0.05, 0) is 31.2 Å². The summed E-state index contributed by atoms with van der Waals surface area (Å²) >= 11 is 18.5. The third-order valence-corrected chi connectivity index (χ3v) is 4.11. The zero-order valence-electron chi connectivity index (χ0n) is 9.45. The van der Waals surface area contributed by atoms with Crippen LogP contribution in [0.1, 0.15) is 6.92 Å². The smallest absolute Gasteiger partial charge is 0.141 e. The summed E-state index contributed by atoms with van der Waals surface area (Å²) in [6, 6.07) is 7.61. The molecule has 1 aromatic carbocycles. The molecule has 1 rings (SSSR count). The van der Waals surface area contributed by atoms with Crippen LogP contribution in [0.25, 0.3) is 0 Å². The molecule has 0 saturated carbocycles. The van der Waals surface area contributed by atoms with E-state index in [0.29, 0.717) is 10.8 Å². The molecular formula is C12H13Cl2NS2. The fraction of sp³-hybridized carbons (Fsp3) is 0.250. The van der Waals surface area contributed by atoms with E-state index in [1.807, 2.05) is 29.2 Å². The maximum Gasteiger partial charge on any atom is 0.141 e. The molecule has 0 spiro atoms. The van der Waals surface area contributed by atoms with E-state index >= 15 is 0 Å². The predicted molar refractivity (Wildman–Crippen MR) is 84.5 cm³/mol. The van der Waals surface area contributed by atoms with Crippen molar-refractivity contribution in [3.8, 4) is 0 Å². The number of hydrogen-bond donors (Lipinski definition) is 0. The van der Waals surface area contributed by atoms with Gasteiger partial charge in [-0.15, -0.1) is 0 Å². The molecule has 0 heterocycles. The normalized spacial score (nSPS) is 10.1. The standard InChI is InChI=1S/C12H13Cl2NS2/c1-3-15(12(16)17-8-9(2)13)11-6-4-10(14)5-7-11/h4-7H,2-3,8H2,1H3. The molecule has 0 aliphatic heterocycles. The topological polar surface area (TPSA) is 3.24 Å². The largest absolute Gasteiger partial charge is 0.328 e. The van der Waals surface area contributed by atoms with E-state index in [4.69, 9.17) is 35.4 Å². The first-order valence-electron chi connectivity index (χ1n) is 5.07. The molecule has 17 heavy (non-hydrogen) atoms. The molecule has 0 amide bonds. The summed E-state index contributed by atoms with van der Waals surface area (Å²) in [5, 5.41) is 1.32. The van der Waals surface area contributed by atoms with Gasteiger partial charge in [0.1, 0.15) is 4.32 Å². The van der Waals surface area contributed by atoms with Crippen molar-refractivity contribution in [1.29, 1.82) is 0 Å². The average Bonchev–Trinajstić information content (AvgIpc) is 2.30. The van der Waals surface area contributed by atoms with E-state index in [0.717, 1.165) is 21.6 Å². The van der Waals surface area contributed by atoms with E-state index in [2.05, 4.69) is 13.5 Å². The monoisotopic (exact) mass is 305 g/mol. The van der Waals surface area contributed by atoms with Gasteiger partial charge in [0.05, 0.1) is 0 Å². The number of thiocarbonyl (C=S) groups is 1. The number of thioether (sulfide) groups is 1. The van der Waals surface area contributed by atoms with Gasteiger partial charge in [0.15, 0.2) is 0 Å². The van der Waals surface area contributed by atoms with Crippen molar-refractivity contribution in [2.75, 3.05) is 17.2 Å². The number of rotatable bonds is 4. The lowest BCUT2D eigenvalue weighted by atomic mass is 10.3. The number of benzene rings is 1. The van der Waals surface area contributed by atoms with Crippen LogP contribution in [-0.2, 0) is 0 Å². The number of anilines is 1. The van der Waals surface area contributed by atoms with Gasteiger partial charge in [0.2, 0.25) is 0 Å². The second-order valence-electron chi connectivity index (χ2n) is 3.29. The lowest BCUT2D eigenvalue weighted by Crippen LogP contribution is -2.26. The first-order valence-corrected chi connectivity index (χ1v) is 7.22. The van der Waals surface area contributed by atoms with Crippen LogP contribution in [0.4, 0.5) is 5.69 Å². The van der Waals surface area contributed by atoms with Gasteiger partial charge in [-0.2, -0.15) is 0 Å². The van der Waals surface area contributed by atoms with Crippen LogP contribution in [0.15, 0.2) is 35.9 Å². The Balaban J connectivity index is 2.73. The van der Waals surface area contributed by atoms with E-state index in [1.165, 1.54) is 11.8 Å². The van der Waals surface area contributed by atoms with Crippen LogP contribution in [0.2, 0.25) is 5.02 Å². The van der Waals surface area contributed by atoms with Crippen molar-refractivity contribution < 1.29 is 0 Å². The second kappa shape index (κ2) is 7.27. The molecule has 0 bridgehead atoms. The molecule has 92 valence electrons.